The smallest absolute Gasteiger partial charge is 0.213 e. The van der Waals surface area contributed by atoms with Gasteiger partial charge in [0.2, 0.25) is 12.3 Å². The fraction of sp³-hybridized carbons (Fsp3) is 0.444. The molecule has 0 saturated carbocycles. The van der Waals surface area contributed by atoms with Gasteiger partial charge in [0.05, 0.1) is 0 Å². The minimum Gasteiger partial charge on any atom is -0.355 e. The molecular weight excluding hydrogens is 194 g/mol. The molecule has 1 N–H and O–H groups in total. The molecule has 6 heteroatoms. The Balaban J connectivity index is 1.83. The van der Waals surface area contributed by atoms with Gasteiger partial charge in [0.15, 0.2) is 5.82 Å². The summed E-state index contributed by atoms with van der Waals surface area (Å²) in [5.74, 6) is 1.58. The molecule has 0 unspecified atom stereocenters. The second-order valence-corrected chi connectivity index (χ2v) is 3.06. The molecule has 0 aliphatic carbocycles. The fourth-order valence-corrected chi connectivity index (χ4v) is 1.32. The Bertz CT molecular complexity index is 394. The number of nitrogens with one attached hydrogen (secondary N) is 1. The van der Waals surface area contributed by atoms with Crippen LogP contribution in [0.3, 0.4) is 0 Å². The number of anilines is 1. The highest BCUT2D eigenvalue weighted by atomic mass is 16.5. The molecule has 2 aromatic rings. The second-order valence-electron chi connectivity index (χ2n) is 3.06. The van der Waals surface area contributed by atoms with E-state index in [1.807, 2.05) is 10.8 Å². The molecule has 0 amide bonds. The Hall–Kier alpha value is -1.85. The van der Waals surface area contributed by atoms with Crippen molar-refractivity contribution in [2.75, 3.05) is 11.9 Å². The van der Waals surface area contributed by atoms with Gasteiger partial charge in [-0.15, -0.1) is 0 Å². The van der Waals surface area contributed by atoms with Crippen molar-refractivity contribution in [3.05, 3.63) is 24.6 Å². The van der Waals surface area contributed by atoms with Crippen LogP contribution in [0.5, 0.6) is 0 Å². The van der Waals surface area contributed by atoms with E-state index in [4.69, 9.17) is 0 Å². The number of imidazole rings is 1. The molecular formula is C9H13N5O. The van der Waals surface area contributed by atoms with E-state index >= 15 is 0 Å². The van der Waals surface area contributed by atoms with Crippen LogP contribution in [0.15, 0.2) is 23.3 Å². The van der Waals surface area contributed by atoms with Crippen LogP contribution in [-0.2, 0) is 13.0 Å². The average molecular weight is 207 g/mol. The molecule has 0 aromatic carbocycles. The molecule has 2 aromatic heterocycles. The summed E-state index contributed by atoms with van der Waals surface area (Å²) >= 11 is 0. The molecule has 0 atom stereocenters. The van der Waals surface area contributed by atoms with Crippen LogP contribution in [0.2, 0.25) is 0 Å². The molecule has 0 aliphatic heterocycles. The van der Waals surface area contributed by atoms with Crippen LogP contribution < -0.4 is 5.32 Å². The van der Waals surface area contributed by atoms with Crippen LogP contribution in [0, 0.1) is 0 Å². The maximum Gasteiger partial charge on any atom is 0.213 e. The van der Waals surface area contributed by atoms with Crippen LogP contribution in [-0.4, -0.2) is 26.2 Å². The number of nitrogens with zero attached hydrogens (tertiary/aromatic N) is 4. The lowest BCUT2D eigenvalue weighted by Gasteiger charge is -2.05. The van der Waals surface area contributed by atoms with Crippen molar-refractivity contribution in [2.24, 2.45) is 0 Å². The Morgan fingerprint density at radius 3 is 3.13 bits per heavy atom. The van der Waals surface area contributed by atoms with Gasteiger partial charge >= 0.3 is 0 Å². The van der Waals surface area contributed by atoms with Crippen molar-refractivity contribution in [2.45, 2.75) is 19.9 Å². The van der Waals surface area contributed by atoms with E-state index in [1.54, 1.807) is 6.20 Å². The number of rotatable bonds is 5. The summed E-state index contributed by atoms with van der Waals surface area (Å²) in [6.07, 6.45) is 5.78. The predicted molar refractivity (Wildman–Crippen MR) is 54.4 cm³/mol. The van der Waals surface area contributed by atoms with Crippen molar-refractivity contribution in [1.29, 1.82) is 0 Å². The predicted octanol–water partition coefficient (Wildman–Crippen LogP) is 0.941. The van der Waals surface area contributed by atoms with Crippen molar-refractivity contribution in [3.8, 4) is 0 Å². The SMILES string of the molecule is CCn1ccnc1NCCc1ncon1. The summed E-state index contributed by atoms with van der Waals surface area (Å²) in [4.78, 5) is 8.13. The fourth-order valence-electron chi connectivity index (χ4n) is 1.32. The quantitative estimate of drug-likeness (QED) is 0.790. The molecule has 0 radical (unpaired) electrons. The van der Waals surface area contributed by atoms with Crippen molar-refractivity contribution in [1.82, 2.24) is 19.7 Å². The minimum absolute atomic E-state index is 0.706. The normalized spacial score (nSPS) is 10.5. The lowest BCUT2D eigenvalue weighted by molar-refractivity contribution is 0.410. The summed E-state index contributed by atoms with van der Waals surface area (Å²) in [5, 5.41) is 6.94. The van der Waals surface area contributed by atoms with Gasteiger partial charge in [-0.25, -0.2) is 4.98 Å². The largest absolute Gasteiger partial charge is 0.355 e. The van der Waals surface area contributed by atoms with E-state index in [0.29, 0.717) is 5.82 Å². The van der Waals surface area contributed by atoms with Crippen LogP contribution in [0.25, 0.3) is 0 Å². The summed E-state index contributed by atoms with van der Waals surface area (Å²) < 4.78 is 6.68. The lowest BCUT2D eigenvalue weighted by Crippen LogP contribution is -2.10. The topological polar surface area (TPSA) is 68.8 Å². The third kappa shape index (κ3) is 2.34. The Morgan fingerprint density at radius 1 is 1.47 bits per heavy atom. The number of aryl methyl sites for hydroxylation is 1. The van der Waals surface area contributed by atoms with Gasteiger partial charge in [0.25, 0.3) is 0 Å². The lowest BCUT2D eigenvalue weighted by atomic mass is 10.4. The molecule has 80 valence electrons. The highest BCUT2D eigenvalue weighted by Gasteiger charge is 2.01. The van der Waals surface area contributed by atoms with Crippen molar-refractivity contribution >= 4 is 5.95 Å². The molecule has 0 bridgehead atoms. The van der Waals surface area contributed by atoms with Gasteiger partial charge in [-0.1, -0.05) is 5.16 Å². The Labute approximate surface area is 87.3 Å². The van der Waals surface area contributed by atoms with Crippen LogP contribution in [0.1, 0.15) is 12.7 Å². The van der Waals surface area contributed by atoms with Gasteiger partial charge in [0, 0.05) is 31.9 Å². The third-order valence-electron chi connectivity index (χ3n) is 2.09. The molecule has 0 fully saturated rings. The monoisotopic (exact) mass is 207 g/mol. The zero-order valence-corrected chi connectivity index (χ0v) is 8.55. The second kappa shape index (κ2) is 4.59. The Kier molecular flexibility index (Phi) is 2.96. The first-order chi connectivity index (χ1) is 7.40. The first-order valence-electron chi connectivity index (χ1n) is 4.90. The molecule has 0 aliphatic rings. The van der Waals surface area contributed by atoms with Crippen LogP contribution >= 0.6 is 0 Å². The van der Waals surface area contributed by atoms with E-state index in [2.05, 4.69) is 31.9 Å². The van der Waals surface area contributed by atoms with Gasteiger partial charge in [-0.3, -0.25) is 0 Å². The molecule has 0 spiro atoms. The Morgan fingerprint density at radius 2 is 2.40 bits per heavy atom. The number of hydrogen-bond donors (Lipinski definition) is 1. The van der Waals surface area contributed by atoms with E-state index in [-0.39, 0.29) is 0 Å². The van der Waals surface area contributed by atoms with Gasteiger partial charge in [0.1, 0.15) is 0 Å². The van der Waals surface area contributed by atoms with E-state index in [1.165, 1.54) is 6.39 Å². The highest BCUT2D eigenvalue weighted by Crippen LogP contribution is 2.03. The molecule has 15 heavy (non-hydrogen) atoms. The van der Waals surface area contributed by atoms with Crippen molar-refractivity contribution < 1.29 is 4.52 Å². The van der Waals surface area contributed by atoms with Gasteiger partial charge < -0.3 is 14.4 Å². The highest BCUT2D eigenvalue weighted by molar-refractivity contribution is 5.25. The molecule has 6 nitrogen and oxygen atoms in total. The third-order valence-corrected chi connectivity index (χ3v) is 2.09. The first kappa shape index (κ1) is 9.70. The number of hydrogen-bond acceptors (Lipinski definition) is 5. The van der Waals surface area contributed by atoms with Gasteiger partial charge in [-0.05, 0) is 6.92 Å². The molecule has 2 heterocycles. The molecule has 0 saturated heterocycles. The standard InChI is InChI=1S/C9H13N5O/c1-2-14-6-5-11-9(14)10-4-3-8-12-7-15-13-8/h5-7H,2-4H2,1H3,(H,10,11). The minimum atomic E-state index is 0.706. The van der Waals surface area contributed by atoms with E-state index in [9.17, 15) is 0 Å². The summed E-state index contributed by atoms with van der Waals surface area (Å²) in [6.45, 7) is 3.73. The van der Waals surface area contributed by atoms with E-state index in [0.717, 1.165) is 25.5 Å². The zero-order valence-electron chi connectivity index (χ0n) is 8.55. The van der Waals surface area contributed by atoms with Gasteiger partial charge in [-0.2, -0.15) is 4.98 Å². The summed E-state index contributed by atoms with van der Waals surface area (Å²) in [5.41, 5.74) is 0. The first-order valence-corrected chi connectivity index (χ1v) is 4.90. The summed E-state index contributed by atoms with van der Waals surface area (Å²) in [7, 11) is 0. The maximum absolute atomic E-state index is 4.64. The van der Waals surface area contributed by atoms with Crippen LogP contribution in [0.4, 0.5) is 5.95 Å². The summed E-state index contributed by atoms with van der Waals surface area (Å²) in [6, 6.07) is 0. The maximum atomic E-state index is 4.64. The zero-order chi connectivity index (χ0) is 10.5. The van der Waals surface area contributed by atoms with Crippen molar-refractivity contribution in [3.63, 3.8) is 0 Å². The number of aromatic nitrogens is 4. The van der Waals surface area contributed by atoms with E-state index < -0.39 is 0 Å². The molecule has 2 rings (SSSR count). The average Bonchev–Trinajstić information content (AvgIpc) is 2.88.